The van der Waals surface area contributed by atoms with E-state index < -0.39 is 22.6 Å². The minimum Gasteiger partial charge on any atom is -0.462 e. The van der Waals surface area contributed by atoms with E-state index in [-0.39, 0.29) is 35.7 Å². The van der Waals surface area contributed by atoms with Crippen LogP contribution < -0.4 is 4.90 Å². The minimum atomic E-state index is -0.675. The van der Waals surface area contributed by atoms with E-state index in [1.54, 1.807) is 13.0 Å². The summed E-state index contributed by atoms with van der Waals surface area (Å²) < 4.78 is 19.8. The van der Waals surface area contributed by atoms with Crippen LogP contribution in [0.15, 0.2) is 66.7 Å². The van der Waals surface area contributed by atoms with E-state index in [2.05, 4.69) is 0 Å². The number of hydrogen-bond donors (Lipinski definition) is 0. The predicted octanol–water partition coefficient (Wildman–Crippen LogP) is 5.13. The summed E-state index contributed by atoms with van der Waals surface area (Å²) in [6.07, 6.45) is 0. The molecule has 0 unspecified atom stereocenters. The number of amides is 1. The molecular weight excluding hydrogens is 415 g/mol. The van der Waals surface area contributed by atoms with Crippen molar-refractivity contribution in [2.75, 3.05) is 11.5 Å². The highest BCUT2D eigenvalue weighted by atomic mass is 19.1. The molecule has 0 aromatic heterocycles. The predicted molar refractivity (Wildman–Crippen MR) is 118 cm³/mol. The van der Waals surface area contributed by atoms with Gasteiger partial charge in [0.15, 0.2) is 0 Å². The highest BCUT2D eigenvalue weighted by Gasteiger charge is 2.25. The van der Waals surface area contributed by atoms with Crippen LogP contribution in [-0.2, 0) is 16.1 Å². The van der Waals surface area contributed by atoms with Crippen LogP contribution in [0.3, 0.4) is 0 Å². The molecule has 8 heteroatoms. The molecule has 0 aliphatic rings. The second-order valence-corrected chi connectivity index (χ2v) is 6.96. The molecule has 0 aliphatic heterocycles. The Bertz CT molecular complexity index is 1160. The molecule has 0 heterocycles. The van der Waals surface area contributed by atoms with Crippen LogP contribution in [0.25, 0.3) is 11.1 Å². The van der Waals surface area contributed by atoms with Gasteiger partial charge in [-0.05, 0) is 36.2 Å². The summed E-state index contributed by atoms with van der Waals surface area (Å²) in [6, 6.07) is 17.4. The van der Waals surface area contributed by atoms with Crippen LogP contribution in [0.2, 0.25) is 0 Å². The van der Waals surface area contributed by atoms with E-state index >= 15 is 0 Å². The third kappa shape index (κ3) is 4.97. The first-order chi connectivity index (χ1) is 15.3. The summed E-state index contributed by atoms with van der Waals surface area (Å²) in [6.45, 7) is 2.73. The zero-order chi connectivity index (χ0) is 23.3. The van der Waals surface area contributed by atoms with Crippen LogP contribution >= 0.6 is 0 Å². The molecule has 164 valence electrons. The lowest BCUT2D eigenvalue weighted by atomic mass is 10.0. The van der Waals surface area contributed by atoms with Crippen molar-refractivity contribution in [2.45, 2.75) is 20.4 Å². The third-order valence-corrected chi connectivity index (χ3v) is 4.84. The van der Waals surface area contributed by atoms with Gasteiger partial charge in [0.2, 0.25) is 5.91 Å². The molecule has 0 saturated carbocycles. The van der Waals surface area contributed by atoms with Gasteiger partial charge in [0.05, 0.1) is 23.6 Å². The van der Waals surface area contributed by atoms with Gasteiger partial charge in [0.1, 0.15) is 11.5 Å². The van der Waals surface area contributed by atoms with Gasteiger partial charge in [0, 0.05) is 18.6 Å². The Kier molecular flexibility index (Phi) is 6.94. The Balaban J connectivity index is 2.00. The zero-order valence-corrected chi connectivity index (χ0v) is 17.6. The minimum absolute atomic E-state index is 0.0543. The summed E-state index contributed by atoms with van der Waals surface area (Å²) in [5.41, 5.74) is 1.24. The standard InChI is InChI=1S/C24H21FN2O5/c1-3-32-24(29)19-11-12-22(27(30)31)23(14-19)26(16(2)28)15-20-10-9-18(13-21(20)25)17-7-5-4-6-8-17/h4-14H,3,15H2,1-2H3. The maximum absolute atomic E-state index is 14.9. The molecule has 0 atom stereocenters. The largest absolute Gasteiger partial charge is 0.462 e. The average Bonchev–Trinajstić information content (AvgIpc) is 2.78. The van der Waals surface area contributed by atoms with Crippen molar-refractivity contribution in [1.82, 2.24) is 0 Å². The molecule has 0 bridgehead atoms. The molecule has 32 heavy (non-hydrogen) atoms. The number of rotatable bonds is 7. The van der Waals surface area contributed by atoms with Crippen LogP contribution in [0.5, 0.6) is 0 Å². The van der Waals surface area contributed by atoms with Gasteiger partial charge in [-0.25, -0.2) is 9.18 Å². The van der Waals surface area contributed by atoms with E-state index in [0.717, 1.165) is 16.5 Å². The SMILES string of the molecule is CCOC(=O)c1ccc([N+](=O)[O-])c(N(Cc2ccc(-c3ccccc3)cc2F)C(C)=O)c1. The molecule has 0 saturated heterocycles. The normalized spacial score (nSPS) is 10.5. The molecule has 0 aliphatic carbocycles. The Labute approximate surface area is 184 Å². The van der Waals surface area contributed by atoms with Gasteiger partial charge in [-0.2, -0.15) is 0 Å². The van der Waals surface area contributed by atoms with Crippen molar-refractivity contribution in [1.29, 1.82) is 0 Å². The van der Waals surface area contributed by atoms with Crippen LogP contribution in [-0.4, -0.2) is 23.4 Å². The first-order valence-electron chi connectivity index (χ1n) is 9.89. The number of anilines is 1. The van der Waals surface area contributed by atoms with Crippen molar-refractivity contribution in [3.8, 4) is 11.1 Å². The van der Waals surface area contributed by atoms with Crippen LogP contribution in [0.1, 0.15) is 29.8 Å². The number of ether oxygens (including phenoxy) is 1. The number of nitrogens with zero attached hydrogens (tertiary/aromatic N) is 2. The van der Waals surface area contributed by atoms with Crippen molar-refractivity contribution in [2.24, 2.45) is 0 Å². The van der Waals surface area contributed by atoms with E-state index in [9.17, 15) is 24.1 Å². The summed E-state index contributed by atoms with van der Waals surface area (Å²) in [4.78, 5) is 36.5. The smallest absolute Gasteiger partial charge is 0.338 e. The molecule has 1 amide bonds. The van der Waals surface area contributed by atoms with E-state index in [4.69, 9.17) is 4.74 Å². The van der Waals surface area contributed by atoms with Crippen molar-refractivity contribution in [3.63, 3.8) is 0 Å². The molecule has 3 rings (SSSR count). The van der Waals surface area contributed by atoms with Crippen LogP contribution in [0, 0.1) is 15.9 Å². The molecule has 3 aromatic carbocycles. The number of esters is 1. The van der Waals surface area contributed by atoms with Crippen LogP contribution in [0.4, 0.5) is 15.8 Å². The maximum Gasteiger partial charge on any atom is 0.338 e. The first-order valence-corrected chi connectivity index (χ1v) is 9.89. The molecule has 0 N–H and O–H groups in total. The first kappa shape index (κ1) is 22.6. The quantitative estimate of drug-likeness (QED) is 0.291. The second-order valence-electron chi connectivity index (χ2n) is 6.96. The van der Waals surface area contributed by atoms with Crippen molar-refractivity contribution < 1.29 is 23.6 Å². The zero-order valence-electron chi connectivity index (χ0n) is 17.6. The number of nitro groups is 1. The summed E-state index contributed by atoms with van der Waals surface area (Å²) in [5.74, 6) is -1.77. The maximum atomic E-state index is 14.9. The monoisotopic (exact) mass is 436 g/mol. The molecule has 3 aromatic rings. The number of nitro benzene ring substituents is 1. The van der Waals surface area contributed by atoms with Gasteiger partial charge in [-0.3, -0.25) is 14.9 Å². The third-order valence-electron chi connectivity index (χ3n) is 4.84. The highest BCUT2D eigenvalue weighted by Crippen LogP contribution is 2.32. The van der Waals surface area contributed by atoms with Gasteiger partial charge in [-0.15, -0.1) is 0 Å². The van der Waals surface area contributed by atoms with Gasteiger partial charge in [-0.1, -0.05) is 42.5 Å². The Hall–Kier alpha value is -4.07. The molecular formula is C24H21FN2O5. The topological polar surface area (TPSA) is 89.8 Å². The van der Waals surface area contributed by atoms with Gasteiger partial charge >= 0.3 is 5.97 Å². The lowest BCUT2D eigenvalue weighted by Gasteiger charge is -2.22. The number of halogens is 1. The summed E-state index contributed by atoms with van der Waals surface area (Å²) in [7, 11) is 0. The van der Waals surface area contributed by atoms with E-state index in [0.29, 0.717) is 5.56 Å². The number of carbonyl (C=O) groups is 2. The molecule has 0 radical (unpaired) electrons. The van der Waals surface area contributed by atoms with Gasteiger partial charge in [0.25, 0.3) is 5.69 Å². The fourth-order valence-electron chi connectivity index (χ4n) is 3.26. The average molecular weight is 436 g/mol. The molecule has 0 fully saturated rings. The Morgan fingerprint density at radius 3 is 2.34 bits per heavy atom. The Morgan fingerprint density at radius 1 is 1.03 bits per heavy atom. The van der Waals surface area contributed by atoms with Crippen molar-refractivity contribution in [3.05, 3.63) is 93.8 Å². The molecule has 0 spiro atoms. The Morgan fingerprint density at radius 2 is 1.75 bits per heavy atom. The van der Waals surface area contributed by atoms with Crippen molar-refractivity contribution >= 4 is 23.3 Å². The number of carbonyl (C=O) groups excluding carboxylic acids is 2. The second kappa shape index (κ2) is 9.82. The molecule has 7 nitrogen and oxygen atoms in total. The van der Waals surface area contributed by atoms with E-state index in [1.165, 1.54) is 31.2 Å². The summed E-state index contributed by atoms with van der Waals surface area (Å²) in [5, 5.41) is 11.6. The highest BCUT2D eigenvalue weighted by molar-refractivity contribution is 5.97. The lowest BCUT2D eigenvalue weighted by Crippen LogP contribution is -2.29. The lowest BCUT2D eigenvalue weighted by molar-refractivity contribution is -0.384. The summed E-state index contributed by atoms with van der Waals surface area (Å²) >= 11 is 0. The van der Waals surface area contributed by atoms with E-state index in [1.807, 2.05) is 30.3 Å². The van der Waals surface area contributed by atoms with Gasteiger partial charge < -0.3 is 9.64 Å². The fraction of sp³-hybridized carbons (Fsp3) is 0.167. The fourth-order valence-corrected chi connectivity index (χ4v) is 3.26. The number of benzene rings is 3. The number of hydrogen-bond acceptors (Lipinski definition) is 5.